The Morgan fingerprint density at radius 2 is 2.00 bits per heavy atom. The van der Waals surface area contributed by atoms with Crippen molar-refractivity contribution < 1.29 is 0 Å². The van der Waals surface area contributed by atoms with E-state index in [1.165, 1.54) is 11.1 Å². The predicted octanol–water partition coefficient (Wildman–Crippen LogP) is 1.97. The zero-order valence-corrected chi connectivity index (χ0v) is 8.46. The van der Waals surface area contributed by atoms with Gasteiger partial charge in [0.1, 0.15) is 0 Å². The van der Waals surface area contributed by atoms with E-state index in [0.29, 0.717) is 0 Å². The molecule has 70 valence electrons. The quantitative estimate of drug-likeness (QED) is 0.710. The molecule has 1 unspecified atom stereocenters. The highest BCUT2D eigenvalue weighted by Crippen LogP contribution is 2.60. The Kier molecular flexibility index (Phi) is 1.55. The average molecular weight is 176 g/mol. The van der Waals surface area contributed by atoms with E-state index in [9.17, 15) is 0 Å². The fourth-order valence-electron chi connectivity index (χ4n) is 1.94. The molecule has 0 radical (unpaired) electrons. The van der Waals surface area contributed by atoms with Gasteiger partial charge in [-0.3, -0.25) is 4.98 Å². The van der Waals surface area contributed by atoms with Crippen molar-refractivity contribution in [1.82, 2.24) is 4.98 Å². The summed E-state index contributed by atoms with van der Waals surface area (Å²) in [5.41, 5.74) is 8.74. The summed E-state index contributed by atoms with van der Waals surface area (Å²) in [7, 11) is 0. The first-order valence-corrected chi connectivity index (χ1v) is 4.67. The van der Waals surface area contributed by atoms with Gasteiger partial charge in [-0.05, 0) is 29.9 Å². The summed E-state index contributed by atoms with van der Waals surface area (Å²) < 4.78 is 0. The molecule has 1 aromatic heterocycles. The topological polar surface area (TPSA) is 38.9 Å². The molecule has 1 saturated carbocycles. The number of aryl methyl sites for hydroxylation is 1. The van der Waals surface area contributed by atoms with Crippen molar-refractivity contribution in [3.8, 4) is 0 Å². The molecule has 13 heavy (non-hydrogen) atoms. The lowest BCUT2D eigenvalue weighted by atomic mass is 9.98. The van der Waals surface area contributed by atoms with Crippen molar-refractivity contribution in [1.29, 1.82) is 0 Å². The molecule has 1 heterocycles. The Morgan fingerprint density at radius 1 is 1.38 bits per heavy atom. The summed E-state index contributed by atoms with van der Waals surface area (Å²) in [5, 5.41) is 0. The molecular formula is C11H16N2. The monoisotopic (exact) mass is 176 g/mol. The third-order valence-corrected chi connectivity index (χ3v) is 3.19. The van der Waals surface area contributed by atoms with Gasteiger partial charge in [-0.25, -0.2) is 0 Å². The highest BCUT2D eigenvalue weighted by Gasteiger charge is 2.59. The number of rotatable bonds is 1. The number of nitrogens with zero attached hydrogens (tertiary/aromatic N) is 1. The van der Waals surface area contributed by atoms with Gasteiger partial charge in [0.25, 0.3) is 0 Å². The van der Waals surface area contributed by atoms with Gasteiger partial charge >= 0.3 is 0 Å². The molecule has 0 amide bonds. The normalized spacial score (nSPS) is 30.2. The zero-order valence-electron chi connectivity index (χ0n) is 8.46. The highest BCUT2D eigenvalue weighted by molar-refractivity contribution is 5.34. The number of pyridine rings is 1. The second-order valence-electron chi connectivity index (χ2n) is 4.78. The summed E-state index contributed by atoms with van der Waals surface area (Å²) in [4.78, 5) is 4.18. The Morgan fingerprint density at radius 3 is 2.46 bits per heavy atom. The van der Waals surface area contributed by atoms with Crippen molar-refractivity contribution in [2.75, 3.05) is 0 Å². The summed E-state index contributed by atoms with van der Waals surface area (Å²) in [6.07, 6.45) is 4.81. The van der Waals surface area contributed by atoms with Gasteiger partial charge in [0, 0.05) is 17.9 Å². The van der Waals surface area contributed by atoms with E-state index in [1.807, 2.05) is 12.4 Å². The van der Waals surface area contributed by atoms with Gasteiger partial charge in [-0.1, -0.05) is 19.9 Å². The Hall–Kier alpha value is -0.890. The molecule has 2 N–H and O–H groups in total. The number of nitrogens with two attached hydrogens (primary N) is 1. The fraction of sp³-hybridized carbons (Fsp3) is 0.545. The number of hydrogen-bond donors (Lipinski definition) is 1. The van der Waals surface area contributed by atoms with E-state index in [4.69, 9.17) is 5.73 Å². The van der Waals surface area contributed by atoms with Crippen LogP contribution in [0.4, 0.5) is 0 Å². The van der Waals surface area contributed by atoms with Crippen LogP contribution in [0.1, 0.15) is 31.4 Å². The second-order valence-corrected chi connectivity index (χ2v) is 4.78. The first-order chi connectivity index (χ1) is 5.96. The van der Waals surface area contributed by atoms with Crippen molar-refractivity contribution in [3.05, 3.63) is 29.6 Å². The molecule has 0 saturated heterocycles. The molecule has 1 fully saturated rings. The third kappa shape index (κ3) is 1.17. The molecule has 0 aliphatic heterocycles. The smallest absolute Gasteiger partial charge is 0.0483 e. The second kappa shape index (κ2) is 2.32. The van der Waals surface area contributed by atoms with Gasteiger partial charge in [0.05, 0.1) is 0 Å². The highest BCUT2D eigenvalue weighted by atomic mass is 14.9. The van der Waals surface area contributed by atoms with Crippen LogP contribution in [0.2, 0.25) is 0 Å². The van der Waals surface area contributed by atoms with E-state index in [1.54, 1.807) is 0 Å². The Balaban J connectivity index is 2.38. The minimum absolute atomic E-state index is 0.133. The Labute approximate surface area is 79.2 Å². The molecule has 2 nitrogen and oxygen atoms in total. The molecule has 0 spiro atoms. The van der Waals surface area contributed by atoms with Crippen LogP contribution in [0.5, 0.6) is 0 Å². The maximum absolute atomic E-state index is 6.27. The van der Waals surface area contributed by atoms with Crippen molar-refractivity contribution in [2.45, 2.75) is 32.7 Å². The van der Waals surface area contributed by atoms with E-state index in [2.05, 4.69) is 31.8 Å². The summed E-state index contributed by atoms with van der Waals surface area (Å²) in [5.74, 6) is 0. The lowest BCUT2D eigenvalue weighted by Crippen LogP contribution is -2.25. The van der Waals surface area contributed by atoms with Crippen LogP contribution in [0, 0.1) is 12.3 Å². The average Bonchev–Trinajstić information content (AvgIpc) is 2.53. The number of hydrogen-bond acceptors (Lipinski definition) is 2. The van der Waals surface area contributed by atoms with E-state index < -0.39 is 0 Å². The van der Waals surface area contributed by atoms with Crippen LogP contribution < -0.4 is 5.73 Å². The summed E-state index contributed by atoms with van der Waals surface area (Å²) in [6.45, 7) is 6.46. The van der Waals surface area contributed by atoms with Crippen LogP contribution in [0.25, 0.3) is 0 Å². The minimum Gasteiger partial charge on any atom is -0.321 e. The number of aromatic nitrogens is 1. The standard InChI is InChI=1S/C11H16N2/c1-8-4-9(6-13-5-8)11(12)7-10(11,2)3/h4-6H,7,12H2,1-3H3. The summed E-state index contributed by atoms with van der Waals surface area (Å²) >= 11 is 0. The molecular weight excluding hydrogens is 160 g/mol. The largest absolute Gasteiger partial charge is 0.321 e. The van der Waals surface area contributed by atoms with E-state index in [0.717, 1.165) is 6.42 Å². The van der Waals surface area contributed by atoms with Crippen LogP contribution in [0.3, 0.4) is 0 Å². The van der Waals surface area contributed by atoms with Gasteiger partial charge in [0.15, 0.2) is 0 Å². The van der Waals surface area contributed by atoms with E-state index in [-0.39, 0.29) is 11.0 Å². The van der Waals surface area contributed by atoms with Crippen LogP contribution in [-0.4, -0.2) is 4.98 Å². The van der Waals surface area contributed by atoms with Crippen LogP contribution >= 0.6 is 0 Å². The van der Waals surface area contributed by atoms with E-state index >= 15 is 0 Å². The summed E-state index contributed by atoms with van der Waals surface area (Å²) in [6, 6.07) is 2.14. The van der Waals surface area contributed by atoms with Crippen molar-refractivity contribution in [2.24, 2.45) is 11.1 Å². The maximum atomic E-state index is 6.27. The van der Waals surface area contributed by atoms with Crippen molar-refractivity contribution in [3.63, 3.8) is 0 Å². The van der Waals surface area contributed by atoms with Gasteiger partial charge in [-0.2, -0.15) is 0 Å². The molecule has 1 aromatic rings. The minimum atomic E-state index is -0.133. The van der Waals surface area contributed by atoms with Crippen LogP contribution in [-0.2, 0) is 5.54 Å². The fourth-order valence-corrected chi connectivity index (χ4v) is 1.94. The molecule has 0 aromatic carbocycles. The SMILES string of the molecule is Cc1cncc(C2(N)CC2(C)C)c1. The first kappa shape index (κ1) is 8.70. The lowest BCUT2D eigenvalue weighted by Gasteiger charge is -2.15. The Bertz CT molecular complexity index is 344. The molecule has 1 atom stereocenters. The van der Waals surface area contributed by atoms with Gasteiger partial charge in [-0.15, -0.1) is 0 Å². The molecule has 2 heteroatoms. The first-order valence-electron chi connectivity index (χ1n) is 4.67. The van der Waals surface area contributed by atoms with Gasteiger partial charge < -0.3 is 5.73 Å². The molecule has 2 rings (SSSR count). The molecule has 1 aliphatic carbocycles. The maximum Gasteiger partial charge on any atom is 0.0483 e. The molecule has 0 bridgehead atoms. The molecule has 1 aliphatic rings. The predicted molar refractivity (Wildman–Crippen MR) is 53.2 cm³/mol. The lowest BCUT2D eigenvalue weighted by molar-refractivity contribution is 0.508. The zero-order chi connectivity index (χ0) is 9.69. The third-order valence-electron chi connectivity index (χ3n) is 3.19. The van der Waals surface area contributed by atoms with Gasteiger partial charge in [0.2, 0.25) is 0 Å². The van der Waals surface area contributed by atoms with Crippen molar-refractivity contribution >= 4 is 0 Å². The van der Waals surface area contributed by atoms with Crippen LogP contribution in [0.15, 0.2) is 18.5 Å².